The standard InChI is InChI=1S/C11H17NO2/c1-14-11(9-13)7-6-10-5-3-2-4-8-12-10/h3-5,8,11,13H,2,6-7,9H2,1H3/t11-/m0/s1. The molecule has 1 aliphatic rings. The van der Waals surface area contributed by atoms with Crippen LogP contribution in [0.3, 0.4) is 0 Å². The average molecular weight is 195 g/mol. The number of hydrogen-bond acceptors (Lipinski definition) is 3. The van der Waals surface area contributed by atoms with E-state index in [0.717, 1.165) is 25.0 Å². The molecule has 1 aliphatic heterocycles. The van der Waals surface area contributed by atoms with Gasteiger partial charge in [0.2, 0.25) is 0 Å². The maximum atomic E-state index is 8.91. The van der Waals surface area contributed by atoms with Crippen LogP contribution >= 0.6 is 0 Å². The Morgan fingerprint density at radius 3 is 3.14 bits per heavy atom. The van der Waals surface area contributed by atoms with Crippen molar-refractivity contribution in [3.8, 4) is 0 Å². The Balaban J connectivity index is 2.36. The van der Waals surface area contributed by atoms with E-state index in [2.05, 4.69) is 11.1 Å². The molecule has 0 aliphatic carbocycles. The summed E-state index contributed by atoms with van der Waals surface area (Å²) in [4.78, 5) is 4.28. The number of allylic oxidation sites excluding steroid dienone is 3. The second-order valence-electron chi connectivity index (χ2n) is 3.22. The van der Waals surface area contributed by atoms with E-state index in [1.165, 1.54) is 0 Å². The summed E-state index contributed by atoms with van der Waals surface area (Å²) < 4.78 is 5.07. The highest BCUT2D eigenvalue weighted by molar-refractivity contribution is 5.95. The second kappa shape index (κ2) is 6.51. The van der Waals surface area contributed by atoms with Gasteiger partial charge in [-0.05, 0) is 25.3 Å². The molecular formula is C11H17NO2. The largest absolute Gasteiger partial charge is 0.394 e. The molecule has 1 N–H and O–H groups in total. The van der Waals surface area contributed by atoms with Crippen LogP contribution in [0.1, 0.15) is 19.3 Å². The van der Waals surface area contributed by atoms with Gasteiger partial charge in [-0.2, -0.15) is 0 Å². The summed E-state index contributed by atoms with van der Waals surface area (Å²) in [6.45, 7) is 0.0728. The topological polar surface area (TPSA) is 41.8 Å². The molecule has 1 atom stereocenters. The van der Waals surface area contributed by atoms with Crippen LogP contribution in [0.2, 0.25) is 0 Å². The molecule has 0 saturated carbocycles. The molecule has 3 heteroatoms. The van der Waals surface area contributed by atoms with Gasteiger partial charge in [0, 0.05) is 19.0 Å². The van der Waals surface area contributed by atoms with Crippen molar-refractivity contribution in [2.24, 2.45) is 4.99 Å². The fourth-order valence-corrected chi connectivity index (χ4v) is 1.28. The lowest BCUT2D eigenvalue weighted by atomic mass is 10.1. The van der Waals surface area contributed by atoms with E-state index in [9.17, 15) is 0 Å². The first kappa shape index (κ1) is 11.1. The van der Waals surface area contributed by atoms with E-state index < -0.39 is 0 Å². The lowest BCUT2D eigenvalue weighted by Gasteiger charge is -2.11. The van der Waals surface area contributed by atoms with Crippen molar-refractivity contribution in [3.63, 3.8) is 0 Å². The quantitative estimate of drug-likeness (QED) is 0.725. The van der Waals surface area contributed by atoms with Crippen molar-refractivity contribution in [3.05, 3.63) is 24.4 Å². The summed E-state index contributed by atoms with van der Waals surface area (Å²) in [5, 5.41) is 8.91. The lowest BCUT2D eigenvalue weighted by Crippen LogP contribution is -2.16. The average Bonchev–Trinajstić information content (AvgIpc) is 2.48. The van der Waals surface area contributed by atoms with Crippen molar-refractivity contribution in [1.29, 1.82) is 0 Å². The molecule has 1 rings (SSSR count). The summed E-state index contributed by atoms with van der Waals surface area (Å²) >= 11 is 0. The number of hydrogen-bond donors (Lipinski definition) is 1. The number of methoxy groups -OCH3 is 1. The molecule has 3 nitrogen and oxygen atoms in total. The lowest BCUT2D eigenvalue weighted by molar-refractivity contribution is 0.0447. The molecule has 0 unspecified atom stereocenters. The van der Waals surface area contributed by atoms with Crippen LogP contribution in [-0.4, -0.2) is 30.6 Å². The fraction of sp³-hybridized carbons (Fsp3) is 0.545. The molecule has 1 heterocycles. The monoisotopic (exact) mass is 195 g/mol. The molecule has 0 aromatic heterocycles. The zero-order valence-corrected chi connectivity index (χ0v) is 8.52. The molecule has 0 aromatic carbocycles. The predicted molar refractivity (Wildman–Crippen MR) is 57.4 cm³/mol. The highest BCUT2D eigenvalue weighted by Gasteiger charge is 2.06. The predicted octanol–water partition coefficient (Wildman–Crippen LogP) is 1.69. The van der Waals surface area contributed by atoms with Gasteiger partial charge in [0.15, 0.2) is 0 Å². The molecule has 78 valence electrons. The minimum atomic E-state index is -0.0710. The molecule has 0 bridgehead atoms. The Morgan fingerprint density at radius 1 is 1.57 bits per heavy atom. The Bertz CT molecular complexity index is 240. The normalized spacial score (nSPS) is 17.7. The highest BCUT2D eigenvalue weighted by atomic mass is 16.5. The van der Waals surface area contributed by atoms with Gasteiger partial charge in [-0.1, -0.05) is 12.2 Å². The van der Waals surface area contributed by atoms with E-state index in [0.29, 0.717) is 0 Å². The second-order valence-corrected chi connectivity index (χ2v) is 3.22. The fourth-order valence-electron chi connectivity index (χ4n) is 1.28. The smallest absolute Gasteiger partial charge is 0.0805 e. The first-order chi connectivity index (χ1) is 6.86. The first-order valence-corrected chi connectivity index (χ1v) is 4.88. The number of ether oxygens (including phenoxy) is 1. The molecule has 14 heavy (non-hydrogen) atoms. The Morgan fingerprint density at radius 2 is 2.43 bits per heavy atom. The summed E-state index contributed by atoms with van der Waals surface area (Å²) in [5.74, 6) is 0. The summed E-state index contributed by atoms with van der Waals surface area (Å²) in [6.07, 6.45) is 10.5. The van der Waals surface area contributed by atoms with Gasteiger partial charge in [-0.15, -0.1) is 0 Å². The van der Waals surface area contributed by atoms with E-state index in [-0.39, 0.29) is 12.7 Å². The third kappa shape index (κ3) is 3.85. The van der Waals surface area contributed by atoms with Crippen molar-refractivity contribution < 1.29 is 9.84 Å². The Labute approximate surface area is 84.8 Å². The molecule has 0 radical (unpaired) electrons. The van der Waals surface area contributed by atoms with Crippen LogP contribution in [0.5, 0.6) is 0 Å². The van der Waals surface area contributed by atoms with E-state index >= 15 is 0 Å². The molecule has 0 amide bonds. The summed E-state index contributed by atoms with van der Waals surface area (Å²) in [6, 6.07) is 0. The van der Waals surface area contributed by atoms with Crippen molar-refractivity contribution in [1.82, 2.24) is 0 Å². The maximum Gasteiger partial charge on any atom is 0.0805 e. The Kier molecular flexibility index (Phi) is 5.19. The van der Waals surface area contributed by atoms with Crippen LogP contribution in [0.4, 0.5) is 0 Å². The van der Waals surface area contributed by atoms with Crippen molar-refractivity contribution >= 4 is 5.71 Å². The van der Waals surface area contributed by atoms with Gasteiger partial charge < -0.3 is 9.84 Å². The van der Waals surface area contributed by atoms with Crippen LogP contribution in [0.25, 0.3) is 0 Å². The summed E-state index contributed by atoms with van der Waals surface area (Å²) in [7, 11) is 1.62. The number of aliphatic imine (C=N–C) groups is 1. The zero-order valence-electron chi connectivity index (χ0n) is 8.52. The minimum Gasteiger partial charge on any atom is -0.394 e. The number of rotatable bonds is 5. The maximum absolute atomic E-state index is 8.91. The number of nitrogens with zero attached hydrogens (tertiary/aromatic N) is 1. The van der Waals surface area contributed by atoms with Crippen molar-refractivity contribution in [2.45, 2.75) is 25.4 Å². The third-order valence-electron chi connectivity index (χ3n) is 2.19. The van der Waals surface area contributed by atoms with Crippen LogP contribution < -0.4 is 0 Å². The van der Waals surface area contributed by atoms with Gasteiger partial charge in [0.1, 0.15) is 0 Å². The molecule has 0 fully saturated rings. The first-order valence-electron chi connectivity index (χ1n) is 4.88. The van der Waals surface area contributed by atoms with E-state index in [1.54, 1.807) is 7.11 Å². The summed E-state index contributed by atoms with van der Waals surface area (Å²) in [5.41, 5.74) is 1.05. The SMILES string of the molecule is CO[C@H](CO)CCC1=NC=CCC=C1. The number of aliphatic hydroxyl groups excluding tert-OH is 1. The number of aliphatic hydroxyl groups is 1. The third-order valence-corrected chi connectivity index (χ3v) is 2.19. The van der Waals surface area contributed by atoms with Gasteiger partial charge >= 0.3 is 0 Å². The minimum absolute atomic E-state index is 0.0710. The highest BCUT2D eigenvalue weighted by Crippen LogP contribution is 2.06. The molecule has 0 saturated heterocycles. The van der Waals surface area contributed by atoms with Gasteiger partial charge in [0.05, 0.1) is 12.7 Å². The van der Waals surface area contributed by atoms with E-state index in [4.69, 9.17) is 9.84 Å². The molecular weight excluding hydrogens is 178 g/mol. The van der Waals surface area contributed by atoms with Crippen LogP contribution in [0, 0.1) is 0 Å². The zero-order chi connectivity index (χ0) is 10.2. The van der Waals surface area contributed by atoms with Crippen molar-refractivity contribution in [2.75, 3.05) is 13.7 Å². The van der Waals surface area contributed by atoms with Gasteiger partial charge in [-0.3, -0.25) is 4.99 Å². The van der Waals surface area contributed by atoms with Gasteiger partial charge in [0.25, 0.3) is 0 Å². The Hall–Kier alpha value is -0.930. The molecule has 0 spiro atoms. The van der Waals surface area contributed by atoms with E-state index in [1.807, 2.05) is 18.4 Å². The van der Waals surface area contributed by atoms with Gasteiger partial charge in [-0.25, -0.2) is 0 Å². The van der Waals surface area contributed by atoms with Crippen LogP contribution in [0.15, 0.2) is 29.4 Å². The molecule has 0 aromatic rings. The van der Waals surface area contributed by atoms with Crippen LogP contribution in [-0.2, 0) is 4.74 Å².